The van der Waals surface area contributed by atoms with E-state index in [9.17, 15) is 9.90 Å². The van der Waals surface area contributed by atoms with E-state index in [4.69, 9.17) is 4.74 Å². The minimum atomic E-state index is -0.335. The average molecular weight is 250 g/mol. The van der Waals surface area contributed by atoms with E-state index >= 15 is 0 Å². The lowest BCUT2D eigenvalue weighted by atomic mass is 9.49. The van der Waals surface area contributed by atoms with Crippen molar-refractivity contribution in [2.45, 2.75) is 52.6 Å². The third kappa shape index (κ3) is 1.43. The van der Waals surface area contributed by atoms with Crippen LogP contribution in [0.5, 0.6) is 0 Å². The zero-order valence-corrected chi connectivity index (χ0v) is 11.5. The van der Waals surface area contributed by atoms with E-state index in [0.29, 0.717) is 13.0 Å². The predicted octanol–water partition coefficient (Wildman–Crippen LogP) is 2.44. The van der Waals surface area contributed by atoms with Crippen LogP contribution in [0.15, 0.2) is 11.1 Å². The van der Waals surface area contributed by atoms with Gasteiger partial charge >= 0.3 is 5.97 Å². The summed E-state index contributed by atoms with van der Waals surface area (Å²) in [5.41, 5.74) is 1.84. The summed E-state index contributed by atoms with van der Waals surface area (Å²) in [6.07, 6.45) is 3.52. The highest BCUT2D eigenvalue weighted by atomic mass is 16.5. The molecule has 0 amide bonds. The lowest BCUT2D eigenvalue weighted by Crippen LogP contribution is -2.52. The van der Waals surface area contributed by atoms with Crippen molar-refractivity contribution in [3.8, 4) is 0 Å². The van der Waals surface area contributed by atoms with Crippen LogP contribution in [0, 0.1) is 16.7 Å². The third-order valence-electron chi connectivity index (χ3n) is 5.39. The first-order valence-corrected chi connectivity index (χ1v) is 6.94. The second-order valence-corrected chi connectivity index (χ2v) is 7.06. The van der Waals surface area contributed by atoms with Gasteiger partial charge in [-0.15, -0.1) is 0 Å². The number of aliphatic hydroxyl groups is 1. The molecule has 0 aromatic rings. The van der Waals surface area contributed by atoms with Gasteiger partial charge in [0.2, 0.25) is 0 Å². The minimum Gasteiger partial charge on any atom is -0.458 e. The lowest BCUT2D eigenvalue weighted by Gasteiger charge is -2.55. The standard InChI is InChI=1S/C15H22O3/c1-14(2)5-4-6-15(3)11-9(8-18-13(11)17)7-10(16)12(14)15/h10,12,16H,4-8H2,1-3H3/t10-,12+,15+/m1/s1. The molecule has 100 valence electrons. The molecule has 0 aromatic heterocycles. The van der Waals surface area contributed by atoms with Crippen molar-refractivity contribution in [1.29, 1.82) is 0 Å². The molecule has 0 bridgehead atoms. The summed E-state index contributed by atoms with van der Waals surface area (Å²) in [6.45, 7) is 7.01. The zero-order chi connectivity index (χ0) is 13.1. The molecule has 1 fully saturated rings. The molecular formula is C15H22O3. The maximum atomic E-state index is 12.0. The van der Waals surface area contributed by atoms with Crippen LogP contribution in [0.4, 0.5) is 0 Å². The van der Waals surface area contributed by atoms with Crippen LogP contribution in [0.25, 0.3) is 0 Å². The van der Waals surface area contributed by atoms with Crippen molar-refractivity contribution < 1.29 is 14.6 Å². The molecule has 1 aliphatic heterocycles. The van der Waals surface area contributed by atoms with Crippen LogP contribution in [0.1, 0.15) is 46.5 Å². The molecule has 3 rings (SSSR count). The van der Waals surface area contributed by atoms with E-state index in [2.05, 4.69) is 20.8 Å². The van der Waals surface area contributed by atoms with Crippen molar-refractivity contribution in [1.82, 2.24) is 0 Å². The fourth-order valence-electron chi connectivity index (χ4n) is 4.92. The van der Waals surface area contributed by atoms with Crippen LogP contribution in [0.2, 0.25) is 0 Å². The van der Waals surface area contributed by atoms with Gasteiger partial charge < -0.3 is 9.84 Å². The number of carbonyl (C=O) groups excluding carboxylic acids is 1. The maximum Gasteiger partial charge on any atom is 0.334 e. The number of cyclic esters (lactones) is 1. The highest BCUT2D eigenvalue weighted by Crippen LogP contribution is 2.60. The molecule has 1 saturated carbocycles. The van der Waals surface area contributed by atoms with Gasteiger partial charge in [-0.25, -0.2) is 4.79 Å². The smallest absolute Gasteiger partial charge is 0.334 e. The van der Waals surface area contributed by atoms with Crippen LogP contribution < -0.4 is 0 Å². The Kier molecular flexibility index (Phi) is 2.44. The number of rotatable bonds is 0. The Labute approximate surface area is 108 Å². The van der Waals surface area contributed by atoms with Gasteiger partial charge in [0.05, 0.1) is 6.10 Å². The molecule has 18 heavy (non-hydrogen) atoms. The first kappa shape index (κ1) is 12.2. The molecule has 3 atom stereocenters. The Morgan fingerprint density at radius 2 is 2.00 bits per heavy atom. The second-order valence-electron chi connectivity index (χ2n) is 7.06. The highest BCUT2D eigenvalue weighted by Gasteiger charge is 2.57. The quantitative estimate of drug-likeness (QED) is 0.672. The fraction of sp³-hybridized carbons (Fsp3) is 0.800. The van der Waals surface area contributed by atoms with E-state index in [1.807, 2.05) is 0 Å². The maximum absolute atomic E-state index is 12.0. The van der Waals surface area contributed by atoms with Gasteiger partial charge in [0.25, 0.3) is 0 Å². The van der Waals surface area contributed by atoms with Crippen LogP contribution in [-0.2, 0) is 9.53 Å². The molecule has 0 aromatic carbocycles. The molecule has 2 aliphatic carbocycles. The molecule has 3 heteroatoms. The van der Waals surface area contributed by atoms with Gasteiger partial charge in [0, 0.05) is 11.0 Å². The zero-order valence-electron chi connectivity index (χ0n) is 11.5. The highest BCUT2D eigenvalue weighted by molar-refractivity contribution is 5.93. The van der Waals surface area contributed by atoms with Crippen LogP contribution in [-0.4, -0.2) is 23.8 Å². The van der Waals surface area contributed by atoms with E-state index in [1.54, 1.807) is 0 Å². The Hall–Kier alpha value is -0.830. The first-order chi connectivity index (χ1) is 8.36. The summed E-state index contributed by atoms with van der Waals surface area (Å²) >= 11 is 0. The summed E-state index contributed by atoms with van der Waals surface area (Å²) < 4.78 is 5.21. The fourth-order valence-corrected chi connectivity index (χ4v) is 4.92. The molecule has 0 saturated heterocycles. The van der Waals surface area contributed by atoms with Gasteiger partial charge in [0.1, 0.15) is 6.61 Å². The van der Waals surface area contributed by atoms with E-state index in [-0.39, 0.29) is 28.8 Å². The number of esters is 1. The second kappa shape index (κ2) is 3.60. The summed E-state index contributed by atoms with van der Waals surface area (Å²) in [6, 6.07) is 0. The van der Waals surface area contributed by atoms with Gasteiger partial charge in [-0.3, -0.25) is 0 Å². The third-order valence-corrected chi connectivity index (χ3v) is 5.39. The number of ether oxygens (including phenoxy) is 1. The van der Waals surface area contributed by atoms with Crippen molar-refractivity contribution >= 4 is 5.97 Å². The summed E-state index contributed by atoms with van der Waals surface area (Å²) in [5.74, 6) is 0.0326. The molecule has 1 heterocycles. The summed E-state index contributed by atoms with van der Waals surface area (Å²) in [7, 11) is 0. The number of carbonyl (C=O) groups is 1. The monoisotopic (exact) mass is 250 g/mol. The lowest BCUT2D eigenvalue weighted by molar-refractivity contribution is -0.139. The molecule has 0 radical (unpaired) electrons. The van der Waals surface area contributed by atoms with Crippen molar-refractivity contribution in [2.24, 2.45) is 16.7 Å². The minimum absolute atomic E-state index is 0.0911. The van der Waals surface area contributed by atoms with Gasteiger partial charge in [-0.1, -0.05) is 27.2 Å². The predicted molar refractivity (Wildman–Crippen MR) is 67.8 cm³/mol. The van der Waals surface area contributed by atoms with E-state index in [0.717, 1.165) is 30.4 Å². The van der Waals surface area contributed by atoms with Crippen LogP contribution >= 0.6 is 0 Å². The Morgan fingerprint density at radius 1 is 1.28 bits per heavy atom. The largest absolute Gasteiger partial charge is 0.458 e. The molecule has 3 nitrogen and oxygen atoms in total. The van der Waals surface area contributed by atoms with E-state index in [1.165, 1.54) is 0 Å². The van der Waals surface area contributed by atoms with Gasteiger partial charge in [-0.2, -0.15) is 0 Å². The molecule has 1 N–H and O–H groups in total. The average Bonchev–Trinajstić information content (AvgIpc) is 2.58. The Bertz CT molecular complexity index is 435. The van der Waals surface area contributed by atoms with Crippen molar-refractivity contribution in [3.05, 3.63) is 11.1 Å². The summed E-state index contributed by atoms with van der Waals surface area (Å²) in [5, 5.41) is 10.5. The number of aliphatic hydroxyl groups excluding tert-OH is 1. The van der Waals surface area contributed by atoms with Crippen molar-refractivity contribution in [3.63, 3.8) is 0 Å². The molecule has 3 aliphatic rings. The SMILES string of the molecule is CC1(C)CCC[C@@]2(C)C3=C(COC3=O)C[C@@H](O)[C@@H]12. The summed E-state index contributed by atoms with van der Waals surface area (Å²) in [4.78, 5) is 12.0. The molecular weight excluding hydrogens is 228 g/mol. The van der Waals surface area contributed by atoms with Gasteiger partial charge in [0.15, 0.2) is 0 Å². The van der Waals surface area contributed by atoms with Gasteiger partial charge in [-0.05, 0) is 36.2 Å². The molecule has 0 unspecified atom stereocenters. The Morgan fingerprint density at radius 3 is 2.72 bits per heavy atom. The van der Waals surface area contributed by atoms with Crippen LogP contribution in [0.3, 0.4) is 0 Å². The number of fused-ring (bicyclic) bond motifs is 2. The topological polar surface area (TPSA) is 46.5 Å². The van der Waals surface area contributed by atoms with Crippen molar-refractivity contribution in [2.75, 3.05) is 6.61 Å². The number of hydrogen-bond acceptors (Lipinski definition) is 3. The molecule has 0 spiro atoms. The Balaban J connectivity index is 2.13. The normalized spacial score (nSPS) is 42.3. The van der Waals surface area contributed by atoms with E-state index < -0.39 is 0 Å². The number of hydrogen-bond donors (Lipinski definition) is 1. The first-order valence-electron chi connectivity index (χ1n) is 6.94.